The molecule has 0 radical (unpaired) electrons. The number of nitrogens with zero attached hydrogens (tertiary/aromatic N) is 5. The van der Waals surface area contributed by atoms with Crippen LogP contribution in [-0.4, -0.2) is 52.1 Å². The molecule has 0 aromatic carbocycles. The number of aromatic nitrogens is 3. The molecule has 1 aliphatic rings. The summed E-state index contributed by atoms with van der Waals surface area (Å²) in [7, 11) is 0. The molecule has 0 atom stereocenters. The largest absolute Gasteiger partial charge is 0.466 e. The fourth-order valence-electron chi connectivity index (χ4n) is 4.34. The molecule has 0 bridgehead atoms. The van der Waals surface area contributed by atoms with E-state index >= 15 is 0 Å². The molecule has 5 heterocycles. The maximum atomic E-state index is 13.6. The molecule has 1 aliphatic heterocycles. The molecular weight excluding hydrogens is 463 g/mol. The monoisotopic (exact) mass is 485 g/mol. The van der Waals surface area contributed by atoms with Crippen LogP contribution < -0.4 is 4.90 Å². The number of hydrogen-bond donors (Lipinski definition) is 0. The first kappa shape index (κ1) is 22.9. The lowest BCUT2D eigenvalue weighted by molar-refractivity contribution is -0.137. The first-order valence-corrected chi connectivity index (χ1v) is 11.0. The van der Waals surface area contributed by atoms with Crippen molar-refractivity contribution in [3.8, 4) is 11.3 Å². The smallest absolute Gasteiger partial charge is 0.417 e. The van der Waals surface area contributed by atoms with Gasteiger partial charge >= 0.3 is 6.18 Å². The van der Waals surface area contributed by atoms with Gasteiger partial charge < -0.3 is 18.7 Å². The normalized spacial score (nSPS) is 14.7. The van der Waals surface area contributed by atoms with E-state index in [4.69, 9.17) is 8.94 Å². The van der Waals surface area contributed by atoms with Gasteiger partial charge in [0.25, 0.3) is 11.6 Å². The van der Waals surface area contributed by atoms with Gasteiger partial charge in [0, 0.05) is 37.9 Å². The Morgan fingerprint density at radius 1 is 1.06 bits per heavy atom. The quantitative estimate of drug-likeness (QED) is 0.413. The standard InChI is InChI=1S/C24H22F3N5O3/c1-13-10-17(15(3)34-13)19-11-18(21-14(2)30-35-22(21)29-19)23(33)32-8-6-31(7-9-32)20-5-4-16(12-28-20)24(25,26)27/h4-5,10-12H,6-9H2,1-3H3. The molecule has 5 rings (SSSR count). The van der Waals surface area contributed by atoms with Crippen LogP contribution in [0.5, 0.6) is 0 Å². The Bertz CT molecular complexity index is 1400. The summed E-state index contributed by atoms with van der Waals surface area (Å²) in [5, 5.41) is 4.55. The Hall–Kier alpha value is -3.89. The van der Waals surface area contributed by atoms with Crippen molar-refractivity contribution in [1.82, 2.24) is 20.0 Å². The third kappa shape index (κ3) is 4.22. The van der Waals surface area contributed by atoms with Crippen LogP contribution in [0, 0.1) is 20.8 Å². The van der Waals surface area contributed by atoms with Crippen LogP contribution in [0.3, 0.4) is 0 Å². The Morgan fingerprint density at radius 2 is 1.80 bits per heavy atom. The van der Waals surface area contributed by atoms with Gasteiger partial charge in [-0.25, -0.2) is 9.97 Å². The molecule has 0 aliphatic carbocycles. The van der Waals surface area contributed by atoms with Crippen LogP contribution in [0.2, 0.25) is 0 Å². The highest BCUT2D eigenvalue weighted by Crippen LogP contribution is 2.32. The second-order valence-corrected chi connectivity index (χ2v) is 8.51. The molecule has 8 nitrogen and oxygen atoms in total. The van der Waals surface area contributed by atoms with Crippen LogP contribution in [0.15, 0.2) is 39.4 Å². The summed E-state index contributed by atoms with van der Waals surface area (Å²) < 4.78 is 49.5. The average molecular weight is 485 g/mol. The van der Waals surface area contributed by atoms with Gasteiger partial charge in [0.05, 0.1) is 27.9 Å². The Kier molecular flexibility index (Phi) is 5.49. The summed E-state index contributed by atoms with van der Waals surface area (Å²) in [5.41, 5.74) is 1.80. The van der Waals surface area contributed by atoms with E-state index in [0.717, 1.165) is 23.6 Å². The van der Waals surface area contributed by atoms with E-state index in [1.807, 2.05) is 24.8 Å². The van der Waals surface area contributed by atoms with Gasteiger partial charge in [0.1, 0.15) is 17.3 Å². The zero-order chi connectivity index (χ0) is 24.9. The van der Waals surface area contributed by atoms with Gasteiger partial charge in [-0.2, -0.15) is 13.2 Å². The Morgan fingerprint density at radius 3 is 2.40 bits per heavy atom. The molecule has 35 heavy (non-hydrogen) atoms. The van der Waals surface area contributed by atoms with Gasteiger partial charge in [0.15, 0.2) is 0 Å². The predicted molar refractivity (Wildman–Crippen MR) is 121 cm³/mol. The second kappa shape index (κ2) is 8.40. The predicted octanol–water partition coefficient (Wildman–Crippen LogP) is 4.78. The van der Waals surface area contributed by atoms with Crippen molar-refractivity contribution < 1.29 is 26.9 Å². The lowest BCUT2D eigenvalue weighted by Gasteiger charge is -2.35. The number of alkyl halides is 3. The highest BCUT2D eigenvalue weighted by Gasteiger charge is 2.31. The minimum Gasteiger partial charge on any atom is -0.466 e. The van der Waals surface area contributed by atoms with E-state index in [1.165, 1.54) is 6.07 Å². The first-order valence-electron chi connectivity index (χ1n) is 11.0. The topological polar surface area (TPSA) is 88.5 Å². The molecule has 0 saturated carbocycles. The number of pyridine rings is 2. The summed E-state index contributed by atoms with van der Waals surface area (Å²) in [5.74, 6) is 1.66. The maximum absolute atomic E-state index is 13.6. The van der Waals surface area contributed by atoms with Gasteiger partial charge in [0.2, 0.25) is 0 Å². The van der Waals surface area contributed by atoms with Gasteiger partial charge in [-0.3, -0.25) is 4.79 Å². The van der Waals surface area contributed by atoms with Crippen molar-refractivity contribution in [2.24, 2.45) is 0 Å². The molecule has 4 aromatic heterocycles. The minimum absolute atomic E-state index is 0.192. The summed E-state index contributed by atoms with van der Waals surface area (Å²) in [6.45, 7) is 7.07. The van der Waals surface area contributed by atoms with Gasteiger partial charge in [-0.05, 0) is 45.0 Å². The third-order valence-corrected chi connectivity index (χ3v) is 6.13. The van der Waals surface area contributed by atoms with Crippen molar-refractivity contribution in [2.75, 3.05) is 31.1 Å². The van der Waals surface area contributed by atoms with E-state index in [1.54, 1.807) is 17.9 Å². The number of aryl methyl sites for hydroxylation is 3. The number of halogens is 3. The molecule has 1 amide bonds. The molecule has 0 unspecified atom stereocenters. The van der Waals surface area contributed by atoms with Crippen LogP contribution in [-0.2, 0) is 6.18 Å². The average Bonchev–Trinajstić information content (AvgIpc) is 3.38. The number of fused-ring (bicyclic) bond motifs is 1. The van der Waals surface area contributed by atoms with Crippen molar-refractivity contribution in [1.29, 1.82) is 0 Å². The van der Waals surface area contributed by atoms with Crippen molar-refractivity contribution in [2.45, 2.75) is 26.9 Å². The number of furan rings is 1. The number of piperazine rings is 1. The number of amides is 1. The zero-order valence-electron chi connectivity index (χ0n) is 19.3. The van der Waals surface area contributed by atoms with E-state index in [2.05, 4.69) is 15.1 Å². The number of hydrogen-bond acceptors (Lipinski definition) is 7. The fraction of sp³-hybridized carbons (Fsp3) is 0.333. The number of anilines is 1. The van der Waals surface area contributed by atoms with Crippen LogP contribution in [0.25, 0.3) is 22.4 Å². The third-order valence-electron chi connectivity index (χ3n) is 6.13. The van der Waals surface area contributed by atoms with Crippen LogP contribution in [0.4, 0.5) is 19.0 Å². The number of carbonyl (C=O) groups is 1. The van der Waals surface area contributed by atoms with E-state index in [-0.39, 0.29) is 11.6 Å². The van der Waals surface area contributed by atoms with Crippen molar-refractivity contribution in [3.63, 3.8) is 0 Å². The Balaban J connectivity index is 1.39. The first-order chi connectivity index (χ1) is 16.6. The number of rotatable bonds is 3. The maximum Gasteiger partial charge on any atom is 0.417 e. The minimum atomic E-state index is -4.43. The SMILES string of the molecule is Cc1cc(-c2cc(C(=O)N3CCN(c4ccc(C(F)(F)F)cn4)CC3)c3c(C)noc3n2)c(C)o1. The van der Waals surface area contributed by atoms with Gasteiger partial charge in [-0.1, -0.05) is 5.16 Å². The summed E-state index contributed by atoms with van der Waals surface area (Å²) in [6, 6.07) is 5.96. The zero-order valence-corrected chi connectivity index (χ0v) is 19.3. The van der Waals surface area contributed by atoms with E-state index in [9.17, 15) is 18.0 Å². The van der Waals surface area contributed by atoms with Crippen LogP contribution >= 0.6 is 0 Å². The van der Waals surface area contributed by atoms with Gasteiger partial charge in [-0.15, -0.1) is 0 Å². The molecule has 1 fully saturated rings. The van der Waals surface area contributed by atoms with E-state index in [0.29, 0.717) is 60.1 Å². The summed E-state index contributed by atoms with van der Waals surface area (Å²) >= 11 is 0. The highest BCUT2D eigenvalue weighted by atomic mass is 19.4. The fourth-order valence-corrected chi connectivity index (χ4v) is 4.34. The second-order valence-electron chi connectivity index (χ2n) is 8.51. The lowest BCUT2D eigenvalue weighted by Crippen LogP contribution is -2.49. The molecule has 1 saturated heterocycles. The van der Waals surface area contributed by atoms with E-state index < -0.39 is 11.7 Å². The summed E-state index contributed by atoms with van der Waals surface area (Å²) in [4.78, 5) is 25.7. The molecule has 0 spiro atoms. The highest BCUT2D eigenvalue weighted by molar-refractivity contribution is 6.07. The molecule has 11 heteroatoms. The van der Waals surface area contributed by atoms with Crippen molar-refractivity contribution in [3.05, 3.63) is 58.8 Å². The molecule has 182 valence electrons. The van der Waals surface area contributed by atoms with Crippen molar-refractivity contribution >= 4 is 22.8 Å². The molecule has 4 aromatic rings. The lowest BCUT2D eigenvalue weighted by atomic mass is 10.0. The Labute approximate surface area is 198 Å². The molecular formula is C24H22F3N5O3. The molecule has 0 N–H and O–H groups in total. The number of carbonyl (C=O) groups excluding carboxylic acids is 1. The van der Waals surface area contributed by atoms with Crippen LogP contribution in [0.1, 0.15) is 33.1 Å². The summed E-state index contributed by atoms with van der Waals surface area (Å²) in [6.07, 6.45) is -3.60.